The van der Waals surface area contributed by atoms with Crippen molar-refractivity contribution in [1.82, 2.24) is 0 Å². The Morgan fingerprint density at radius 3 is 2.52 bits per heavy atom. The van der Waals surface area contributed by atoms with Crippen molar-refractivity contribution < 1.29 is 24.8 Å². The van der Waals surface area contributed by atoms with E-state index in [1.807, 2.05) is 12.2 Å². The van der Waals surface area contributed by atoms with Crippen molar-refractivity contribution in [2.45, 2.75) is 115 Å². The first kappa shape index (κ1) is 29.2. The third-order valence-corrected chi connectivity index (χ3v) is 13.4. The number of aliphatic hydroxyl groups is 3. The number of rotatable bonds is 4. The number of aliphatic hydroxyl groups excluding tert-OH is 1. The molecule has 0 radical (unpaired) electrons. The minimum Gasteiger partial charge on any atom is -0.396 e. The first-order valence-electron chi connectivity index (χ1n) is 16.6. The van der Waals surface area contributed by atoms with Gasteiger partial charge in [-0.05, 0) is 98.7 Å². The van der Waals surface area contributed by atoms with E-state index in [-0.39, 0.29) is 28.8 Å². The van der Waals surface area contributed by atoms with Crippen LogP contribution in [0.1, 0.15) is 108 Å². The molecule has 230 valence electrons. The predicted molar refractivity (Wildman–Crippen MR) is 165 cm³/mol. The molecule has 0 bridgehead atoms. The zero-order chi connectivity index (χ0) is 29.8. The third kappa shape index (κ3) is 3.99. The minimum atomic E-state index is -0.874. The van der Waals surface area contributed by atoms with Crippen LogP contribution in [0.3, 0.4) is 0 Å². The summed E-state index contributed by atoms with van der Waals surface area (Å²) in [4.78, 5) is 0. The molecular formula is C37H52O5. The summed E-state index contributed by atoms with van der Waals surface area (Å²) in [5.74, 6) is 0.844. The van der Waals surface area contributed by atoms with Gasteiger partial charge in [-0.15, -0.1) is 0 Å². The maximum absolute atomic E-state index is 13.0. The fourth-order valence-corrected chi connectivity index (χ4v) is 11.2. The van der Waals surface area contributed by atoms with E-state index < -0.39 is 17.0 Å². The van der Waals surface area contributed by atoms with Crippen LogP contribution < -0.4 is 0 Å². The van der Waals surface area contributed by atoms with E-state index in [1.54, 1.807) is 0 Å². The first-order valence-corrected chi connectivity index (χ1v) is 16.6. The van der Waals surface area contributed by atoms with E-state index >= 15 is 0 Å². The van der Waals surface area contributed by atoms with Gasteiger partial charge in [0.05, 0.1) is 24.4 Å². The molecule has 1 aromatic carbocycles. The molecule has 1 saturated heterocycles. The molecule has 42 heavy (non-hydrogen) atoms. The van der Waals surface area contributed by atoms with E-state index in [4.69, 9.17) is 9.47 Å². The van der Waals surface area contributed by atoms with E-state index in [2.05, 4.69) is 52.5 Å². The van der Waals surface area contributed by atoms with Crippen molar-refractivity contribution in [3.63, 3.8) is 0 Å². The largest absolute Gasteiger partial charge is 0.396 e. The van der Waals surface area contributed by atoms with Gasteiger partial charge in [0.2, 0.25) is 0 Å². The predicted octanol–water partition coefficient (Wildman–Crippen LogP) is 6.55. The van der Waals surface area contributed by atoms with Crippen LogP contribution in [0.5, 0.6) is 0 Å². The molecule has 5 aliphatic carbocycles. The number of benzene rings is 1. The van der Waals surface area contributed by atoms with Crippen molar-refractivity contribution in [2.75, 3.05) is 19.8 Å². The Bertz CT molecular complexity index is 1290. The second kappa shape index (κ2) is 9.50. The Kier molecular flexibility index (Phi) is 6.61. The molecule has 0 amide bonds. The van der Waals surface area contributed by atoms with Gasteiger partial charge in [-0.1, -0.05) is 63.3 Å². The highest BCUT2D eigenvalue weighted by Crippen LogP contribution is 2.75. The van der Waals surface area contributed by atoms with Crippen molar-refractivity contribution in [2.24, 2.45) is 34.0 Å². The molecule has 1 aromatic rings. The highest BCUT2D eigenvalue weighted by molar-refractivity contribution is 5.63. The van der Waals surface area contributed by atoms with Gasteiger partial charge in [0, 0.05) is 35.7 Å². The quantitative estimate of drug-likeness (QED) is 0.355. The fourth-order valence-electron chi connectivity index (χ4n) is 11.2. The highest BCUT2D eigenvalue weighted by Gasteiger charge is 2.73. The molecule has 3 N–H and O–H groups in total. The van der Waals surface area contributed by atoms with E-state index in [0.717, 1.165) is 56.9 Å². The lowest BCUT2D eigenvalue weighted by Gasteiger charge is -2.70. The number of hydrogen-bond donors (Lipinski definition) is 3. The number of fused-ring (bicyclic) bond motifs is 4. The lowest BCUT2D eigenvalue weighted by Crippen LogP contribution is -2.70. The topological polar surface area (TPSA) is 79.2 Å². The van der Waals surface area contributed by atoms with Crippen LogP contribution in [0, 0.1) is 34.0 Å². The van der Waals surface area contributed by atoms with Crippen LogP contribution in [0.4, 0.5) is 0 Å². The van der Waals surface area contributed by atoms with Gasteiger partial charge in [0.1, 0.15) is 0 Å². The monoisotopic (exact) mass is 576 g/mol. The van der Waals surface area contributed by atoms with Crippen molar-refractivity contribution in [1.29, 1.82) is 0 Å². The number of ether oxygens (including phenoxy) is 2. The lowest BCUT2D eigenvalue weighted by molar-refractivity contribution is -0.358. The summed E-state index contributed by atoms with van der Waals surface area (Å²) in [6, 6.07) is 6.94. The second-order valence-corrected chi connectivity index (χ2v) is 16.3. The van der Waals surface area contributed by atoms with Gasteiger partial charge < -0.3 is 24.8 Å². The van der Waals surface area contributed by atoms with Crippen LogP contribution >= 0.6 is 0 Å². The van der Waals surface area contributed by atoms with E-state index in [9.17, 15) is 15.3 Å². The number of hydrogen-bond acceptors (Lipinski definition) is 5. The maximum Gasteiger partial charge on any atom is 0.171 e. The molecule has 5 heteroatoms. The van der Waals surface area contributed by atoms with Crippen LogP contribution in [0.15, 0.2) is 36.9 Å². The van der Waals surface area contributed by atoms with Gasteiger partial charge in [-0.3, -0.25) is 0 Å². The van der Waals surface area contributed by atoms with Crippen LogP contribution in [0.2, 0.25) is 0 Å². The zero-order valence-corrected chi connectivity index (χ0v) is 26.3. The lowest BCUT2D eigenvalue weighted by atomic mass is 9.36. The SMILES string of the molecule is C=C(C)c1ccc2c(c1)C[C@]13CCC4(C[C@]1(O)CC[C@@H]1C3C2C[C@@]2(C)[C@H]1CC[C@@]2(O)/C=C\CCO)OCC(C)(C)CO4. The molecule has 2 spiro atoms. The van der Waals surface area contributed by atoms with Crippen LogP contribution in [0.25, 0.3) is 5.57 Å². The van der Waals surface area contributed by atoms with Crippen LogP contribution in [-0.4, -0.2) is 52.1 Å². The molecule has 7 rings (SSSR count). The summed E-state index contributed by atoms with van der Waals surface area (Å²) < 4.78 is 13.1. The summed E-state index contributed by atoms with van der Waals surface area (Å²) in [6.07, 6.45) is 12.2. The van der Waals surface area contributed by atoms with Gasteiger partial charge in [0.25, 0.3) is 0 Å². The normalized spacial score (nSPS) is 44.7. The third-order valence-electron chi connectivity index (χ3n) is 13.4. The van der Waals surface area contributed by atoms with E-state index in [1.165, 1.54) is 16.7 Å². The van der Waals surface area contributed by atoms with Crippen molar-refractivity contribution >= 4 is 5.57 Å². The first-order chi connectivity index (χ1) is 19.8. The fraction of sp³-hybridized carbons (Fsp3) is 0.730. The standard InChI is InChI=1S/C37H52O5/c1-24(2)25-8-9-27-26(18-25)19-34-15-16-37(41-22-32(3,4)23-42-37)21-36(34,40)13-10-28-30-11-14-35(39,12-6-7-17-38)33(30,5)20-29(27)31(28)34/h6,8-9,12,18,28-31,38-40H,1,7,10-11,13-17,19-23H2,2-5H3/b12-6-/t28-,29?,30-,31?,33-,34-,35-,36+/m0/s1. The van der Waals surface area contributed by atoms with Gasteiger partial charge in [0.15, 0.2) is 5.79 Å². The zero-order valence-electron chi connectivity index (χ0n) is 26.3. The van der Waals surface area contributed by atoms with Crippen molar-refractivity contribution in [3.05, 3.63) is 53.6 Å². The molecule has 8 atom stereocenters. The summed E-state index contributed by atoms with van der Waals surface area (Å²) in [5.41, 5.74) is 2.81. The molecule has 5 fully saturated rings. The average molecular weight is 577 g/mol. The Hall–Kier alpha value is -1.50. The minimum absolute atomic E-state index is 0.00674. The average Bonchev–Trinajstić information content (AvgIpc) is 3.20. The molecule has 1 aliphatic heterocycles. The number of allylic oxidation sites excluding steroid dienone is 1. The summed E-state index contributed by atoms with van der Waals surface area (Å²) in [7, 11) is 0. The molecular weight excluding hydrogens is 524 g/mol. The molecule has 0 aromatic heterocycles. The maximum atomic E-state index is 13.0. The Morgan fingerprint density at radius 2 is 1.81 bits per heavy atom. The molecule has 5 nitrogen and oxygen atoms in total. The Labute approximate surface area is 252 Å². The van der Waals surface area contributed by atoms with Crippen LogP contribution in [-0.2, 0) is 15.9 Å². The summed E-state index contributed by atoms with van der Waals surface area (Å²) >= 11 is 0. The summed E-state index contributed by atoms with van der Waals surface area (Å²) in [5, 5.41) is 34.7. The van der Waals surface area contributed by atoms with E-state index in [0.29, 0.717) is 43.8 Å². The van der Waals surface area contributed by atoms with Gasteiger partial charge in [-0.25, -0.2) is 0 Å². The smallest absolute Gasteiger partial charge is 0.171 e. The molecule has 6 aliphatic rings. The molecule has 2 unspecified atom stereocenters. The Balaban J connectivity index is 1.33. The molecule has 1 heterocycles. The van der Waals surface area contributed by atoms with Gasteiger partial charge in [-0.2, -0.15) is 0 Å². The highest BCUT2D eigenvalue weighted by atomic mass is 16.7. The summed E-state index contributed by atoms with van der Waals surface area (Å²) in [6.45, 7) is 14.5. The van der Waals surface area contributed by atoms with Crippen molar-refractivity contribution in [3.8, 4) is 0 Å². The Morgan fingerprint density at radius 1 is 1.05 bits per heavy atom. The molecule has 4 saturated carbocycles. The second-order valence-electron chi connectivity index (χ2n) is 16.3. The van der Waals surface area contributed by atoms with Gasteiger partial charge >= 0.3 is 0 Å².